The molecule has 3 aromatic rings. The summed E-state index contributed by atoms with van der Waals surface area (Å²) in [6, 6.07) is 9.84. The average molecular weight is 528 g/mol. The van der Waals surface area contributed by atoms with Gasteiger partial charge in [-0.3, -0.25) is 4.79 Å². The van der Waals surface area contributed by atoms with Gasteiger partial charge in [-0.1, -0.05) is 12.1 Å². The molecule has 2 aliphatic carbocycles. The Hall–Kier alpha value is -3.27. The number of hydrogen-bond donors (Lipinski definition) is 1. The second kappa shape index (κ2) is 8.62. The molecule has 0 saturated heterocycles. The molecule has 2 heterocycles. The number of carbonyl (C=O) groups is 1. The maximum atomic E-state index is 14.2. The van der Waals surface area contributed by atoms with Crippen LogP contribution in [-0.4, -0.2) is 32.4 Å². The highest BCUT2D eigenvalue weighted by atomic mass is 19.4. The number of hydrogen-bond acceptors (Lipinski definition) is 4. The molecule has 6 nitrogen and oxygen atoms in total. The maximum Gasteiger partial charge on any atom is 0.416 e. The topological polar surface area (TPSA) is 63.1 Å². The van der Waals surface area contributed by atoms with E-state index in [4.69, 9.17) is 0 Å². The Morgan fingerprint density at radius 2 is 1.92 bits per heavy atom. The van der Waals surface area contributed by atoms with E-state index in [-0.39, 0.29) is 42.6 Å². The van der Waals surface area contributed by atoms with Crippen LogP contribution in [0.15, 0.2) is 42.7 Å². The number of halogens is 4. The van der Waals surface area contributed by atoms with Gasteiger partial charge in [0, 0.05) is 30.4 Å². The van der Waals surface area contributed by atoms with Gasteiger partial charge in [-0.15, -0.1) is 10.2 Å². The fourth-order valence-electron chi connectivity index (χ4n) is 6.16. The van der Waals surface area contributed by atoms with Crippen LogP contribution in [0.25, 0.3) is 0 Å². The summed E-state index contributed by atoms with van der Waals surface area (Å²) in [6.45, 7) is 2.15. The lowest BCUT2D eigenvalue weighted by atomic mass is 9.62. The van der Waals surface area contributed by atoms with E-state index in [2.05, 4.69) is 22.4 Å². The van der Waals surface area contributed by atoms with Crippen molar-refractivity contribution in [3.8, 4) is 0 Å². The zero-order chi connectivity index (χ0) is 26.9. The molecule has 10 heteroatoms. The number of rotatable bonds is 6. The van der Waals surface area contributed by atoms with Crippen LogP contribution >= 0.6 is 0 Å². The van der Waals surface area contributed by atoms with E-state index in [1.54, 1.807) is 42.2 Å². The number of anilines is 1. The van der Waals surface area contributed by atoms with Gasteiger partial charge in [-0.25, -0.2) is 4.39 Å². The van der Waals surface area contributed by atoms with E-state index in [1.165, 1.54) is 11.0 Å². The number of amides is 1. The molecule has 1 N–H and O–H groups in total. The number of nitrogens with zero attached hydrogens (tertiary/aromatic N) is 4. The first-order valence-corrected chi connectivity index (χ1v) is 12.9. The predicted molar refractivity (Wildman–Crippen MR) is 133 cm³/mol. The highest BCUT2D eigenvalue weighted by Gasteiger charge is 2.51. The zero-order valence-electron chi connectivity index (χ0n) is 21.3. The van der Waals surface area contributed by atoms with Crippen LogP contribution in [0, 0.1) is 0 Å². The van der Waals surface area contributed by atoms with Crippen LogP contribution in [0.1, 0.15) is 77.5 Å². The molecule has 1 aromatic heterocycles. The lowest BCUT2D eigenvalue weighted by molar-refractivity contribution is -0.138. The first-order chi connectivity index (χ1) is 18.0. The molecule has 0 bridgehead atoms. The van der Waals surface area contributed by atoms with Gasteiger partial charge in [0.25, 0.3) is 5.91 Å². The van der Waals surface area contributed by atoms with Crippen molar-refractivity contribution in [2.24, 2.45) is 7.05 Å². The van der Waals surface area contributed by atoms with Gasteiger partial charge in [-0.05, 0) is 80.0 Å². The van der Waals surface area contributed by atoms with Crippen molar-refractivity contribution in [3.05, 3.63) is 76.4 Å². The lowest BCUT2D eigenvalue weighted by Crippen LogP contribution is -2.47. The molecular formula is C28H29F4N5O. The lowest BCUT2D eigenvalue weighted by Gasteiger charge is -2.43. The second-order valence-electron chi connectivity index (χ2n) is 11.2. The van der Waals surface area contributed by atoms with Crippen molar-refractivity contribution >= 4 is 11.6 Å². The van der Waals surface area contributed by atoms with Crippen LogP contribution in [-0.2, 0) is 31.7 Å². The third kappa shape index (κ3) is 4.00. The molecule has 200 valence electrons. The van der Waals surface area contributed by atoms with Gasteiger partial charge < -0.3 is 14.8 Å². The van der Waals surface area contributed by atoms with Crippen molar-refractivity contribution in [3.63, 3.8) is 0 Å². The Labute approximate surface area is 218 Å². The van der Waals surface area contributed by atoms with Gasteiger partial charge in [0.2, 0.25) is 0 Å². The number of benzene rings is 2. The number of nitrogens with one attached hydrogen (secondary N) is 1. The van der Waals surface area contributed by atoms with Crippen LogP contribution in [0.4, 0.5) is 23.2 Å². The van der Waals surface area contributed by atoms with Crippen molar-refractivity contribution in [1.29, 1.82) is 0 Å². The van der Waals surface area contributed by atoms with Gasteiger partial charge >= 0.3 is 6.18 Å². The summed E-state index contributed by atoms with van der Waals surface area (Å²) in [7, 11) is 1.80. The molecule has 38 heavy (non-hydrogen) atoms. The van der Waals surface area contributed by atoms with Crippen molar-refractivity contribution in [2.45, 2.75) is 75.4 Å². The first-order valence-electron chi connectivity index (χ1n) is 12.9. The number of fused-ring (bicyclic) bond motifs is 1. The van der Waals surface area contributed by atoms with E-state index < -0.39 is 29.2 Å². The number of aryl methyl sites for hydroxylation is 1. The molecule has 2 aromatic carbocycles. The Bertz CT molecular complexity index is 1400. The van der Waals surface area contributed by atoms with E-state index in [9.17, 15) is 22.4 Å². The molecule has 0 atom stereocenters. The Kier molecular flexibility index (Phi) is 5.68. The highest BCUT2D eigenvalue weighted by molar-refractivity contribution is 6.10. The SMILES string of the molecule is Cn1cnnc1C1(c2cccc(N3Cc4c(cc(CNC5(C)CCC5)cc4C(F)(F)F)C3=O)c2)CC(F)C1. The summed E-state index contributed by atoms with van der Waals surface area (Å²) in [5, 5.41) is 11.5. The zero-order valence-corrected chi connectivity index (χ0v) is 21.3. The largest absolute Gasteiger partial charge is 0.416 e. The molecule has 0 unspecified atom stereocenters. The molecule has 1 aliphatic heterocycles. The molecule has 0 spiro atoms. The second-order valence-corrected chi connectivity index (χ2v) is 11.2. The van der Waals surface area contributed by atoms with Crippen LogP contribution in [0.2, 0.25) is 0 Å². The quantitative estimate of drug-likeness (QED) is 0.434. The maximum absolute atomic E-state index is 14.2. The van der Waals surface area contributed by atoms with Crippen LogP contribution < -0.4 is 10.2 Å². The summed E-state index contributed by atoms with van der Waals surface area (Å²) >= 11 is 0. The van der Waals surface area contributed by atoms with Gasteiger partial charge in [-0.2, -0.15) is 13.2 Å². The highest BCUT2D eigenvalue weighted by Crippen LogP contribution is 2.50. The summed E-state index contributed by atoms with van der Waals surface area (Å²) < 4.78 is 58.3. The summed E-state index contributed by atoms with van der Waals surface area (Å²) in [4.78, 5) is 14.9. The molecule has 2 saturated carbocycles. The normalized spacial score (nSPS) is 24.2. The molecular weight excluding hydrogens is 498 g/mol. The summed E-state index contributed by atoms with van der Waals surface area (Å²) in [5.41, 5.74) is 0.195. The minimum atomic E-state index is -4.59. The monoisotopic (exact) mass is 527 g/mol. The minimum Gasteiger partial charge on any atom is -0.320 e. The Balaban J connectivity index is 1.34. The third-order valence-electron chi connectivity index (χ3n) is 8.57. The fourth-order valence-corrected chi connectivity index (χ4v) is 6.16. The number of carbonyl (C=O) groups excluding carboxylic acids is 1. The number of aromatic nitrogens is 3. The Morgan fingerprint density at radius 3 is 2.53 bits per heavy atom. The first kappa shape index (κ1) is 25.0. The minimum absolute atomic E-state index is 0.0120. The Morgan fingerprint density at radius 1 is 1.16 bits per heavy atom. The fraction of sp³-hybridized carbons (Fsp3) is 0.464. The summed E-state index contributed by atoms with van der Waals surface area (Å²) in [5.74, 6) is 0.153. The van der Waals surface area contributed by atoms with Gasteiger partial charge in [0.15, 0.2) is 0 Å². The molecule has 3 aliphatic rings. The van der Waals surface area contributed by atoms with Crippen LogP contribution in [0.5, 0.6) is 0 Å². The van der Waals surface area contributed by atoms with Crippen LogP contribution in [0.3, 0.4) is 0 Å². The smallest absolute Gasteiger partial charge is 0.320 e. The van der Waals surface area contributed by atoms with E-state index >= 15 is 0 Å². The van der Waals surface area contributed by atoms with Crippen molar-refractivity contribution in [2.75, 3.05) is 4.90 Å². The van der Waals surface area contributed by atoms with E-state index in [0.717, 1.165) is 24.8 Å². The summed E-state index contributed by atoms with van der Waals surface area (Å²) in [6.07, 6.45) is -0.512. The standard InChI is InChI=1S/C28H29F4N5O/c1-26(7-4-8-26)33-14-17-9-21-22(23(10-17)28(30,31)32)15-37(24(21)38)20-6-3-5-18(11-20)27(12-19(29)13-27)25-35-34-16-36(25)2/h3,5-6,9-11,16,19,33H,4,7-8,12-15H2,1-2H3. The average Bonchev–Trinajstić information content (AvgIpc) is 3.41. The molecule has 6 rings (SSSR count). The van der Waals surface area contributed by atoms with Crippen molar-refractivity contribution < 1.29 is 22.4 Å². The predicted octanol–water partition coefficient (Wildman–Crippen LogP) is 5.44. The number of alkyl halides is 4. The molecule has 2 fully saturated rings. The molecule has 0 radical (unpaired) electrons. The van der Waals surface area contributed by atoms with Gasteiger partial charge in [0.05, 0.1) is 17.5 Å². The van der Waals surface area contributed by atoms with Crippen molar-refractivity contribution in [1.82, 2.24) is 20.1 Å². The molecule has 1 amide bonds. The third-order valence-corrected chi connectivity index (χ3v) is 8.57. The van der Waals surface area contributed by atoms with E-state index in [0.29, 0.717) is 17.1 Å². The van der Waals surface area contributed by atoms with E-state index in [1.807, 2.05) is 6.07 Å². The van der Waals surface area contributed by atoms with Gasteiger partial charge in [0.1, 0.15) is 18.3 Å².